The van der Waals surface area contributed by atoms with Gasteiger partial charge in [-0.15, -0.1) is 6.58 Å². The molecule has 0 saturated heterocycles. The Morgan fingerprint density at radius 2 is 2.38 bits per heavy atom. The molecule has 0 saturated carbocycles. The molecule has 0 amide bonds. The number of hydrogen-bond donors (Lipinski definition) is 1. The summed E-state index contributed by atoms with van der Waals surface area (Å²) in [5, 5.41) is 3.15. The van der Waals surface area contributed by atoms with Crippen LogP contribution >= 0.6 is 0 Å². The number of halogens is 2. The lowest BCUT2D eigenvalue weighted by molar-refractivity contribution is 0.0665. The third kappa shape index (κ3) is 3.73. The van der Waals surface area contributed by atoms with Crippen LogP contribution in [0, 0.1) is 0 Å². The molecular formula is C11H17F2N3. The molecule has 1 atom stereocenters. The molecule has 0 fully saturated rings. The zero-order chi connectivity index (χ0) is 12.0. The number of nitrogens with zero attached hydrogens (tertiary/aromatic N) is 2. The average molecular weight is 229 g/mol. The van der Waals surface area contributed by atoms with Gasteiger partial charge in [0, 0.05) is 18.4 Å². The largest absolute Gasteiger partial charge is 0.319 e. The maximum atomic E-state index is 12.5. The first-order chi connectivity index (χ1) is 7.65. The minimum Gasteiger partial charge on any atom is -0.307 e. The zero-order valence-corrected chi connectivity index (χ0v) is 9.37. The van der Waals surface area contributed by atoms with Crippen LogP contribution in [0.15, 0.2) is 25.0 Å². The van der Waals surface area contributed by atoms with Crippen LogP contribution in [0.1, 0.15) is 32.1 Å². The first kappa shape index (κ1) is 12.8. The molecule has 3 nitrogen and oxygen atoms in total. The summed E-state index contributed by atoms with van der Waals surface area (Å²) in [7, 11) is 0. The molecule has 0 radical (unpaired) electrons. The minimum atomic E-state index is -2.53. The Labute approximate surface area is 94.2 Å². The molecule has 1 unspecified atom stereocenters. The average Bonchev–Trinajstić information content (AvgIpc) is 2.71. The van der Waals surface area contributed by atoms with Crippen molar-refractivity contribution in [1.82, 2.24) is 14.9 Å². The summed E-state index contributed by atoms with van der Waals surface area (Å²) in [6.45, 7) is 3.48. The van der Waals surface area contributed by atoms with Gasteiger partial charge in [0.25, 0.3) is 0 Å². The van der Waals surface area contributed by atoms with Gasteiger partial charge in [-0.05, 0) is 19.8 Å². The molecule has 1 heterocycles. The SMILES string of the molecule is C=CCCC(C)NCc1nccn1C(F)F. The Kier molecular flexibility index (Phi) is 5.11. The van der Waals surface area contributed by atoms with Crippen LogP contribution in [0.3, 0.4) is 0 Å². The molecule has 0 spiro atoms. The first-order valence-electron chi connectivity index (χ1n) is 5.29. The van der Waals surface area contributed by atoms with Crippen molar-refractivity contribution in [2.75, 3.05) is 0 Å². The molecule has 90 valence electrons. The number of aromatic nitrogens is 2. The fourth-order valence-electron chi connectivity index (χ4n) is 1.39. The minimum absolute atomic E-state index is 0.265. The fourth-order valence-corrected chi connectivity index (χ4v) is 1.39. The summed E-state index contributed by atoms with van der Waals surface area (Å²) in [6.07, 6.45) is 6.38. The van der Waals surface area contributed by atoms with Gasteiger partial charge in [0.05, 0.1) is 6.54 Å². The fraction of sp³-hybridized carbons (Fsp3) is 0.545. The van der Waals surface area contributed by atoms with E-state index in [1.165, 1.54) is 12.4 Å². The van der Waals surface area contributed by atoms with Gasteiger partial charge in [-0.25, -0.2) is 4.98 Å². The van der Waals surface area contributed by atoms with E-state index in [0.717, 1.165) is 17.4 Å². The van der Waals surface area contributed by atoms with Crippen molar-refractivity contribution in [3.63, 3.8) is 0 Å². The summed E-state index contributed by atoms with van der Waals surface area (Å²) < 4.78 is 25.8. The standard InChI is InChI=1S/C11H17F2N3/c1-3-4-5-9(2)15-8-10-14-6-7-16(10)11(12)13/h3,6-7,9,11,15H,1,4-5,8H2,2H3. The molecule has 0 aliphatic carbocycles. The van der Waals surface area contributed by atoms with Crippen molar-refractivity contribution in [2.24, 2.45) is 0 Å². The summed E-state index contributed by atoms with van der Waals surface area (Å²) in [5.74, 6) is 0.362. The van der Waals surface area contributed by atoms with Gasteiger partial charge in [-0.2, -0.15) is 8.78 Å². The summed E-state index contributed by atoms with van der Waals surface area (Å²) in [5.41, 5.74) is 0. The van der Waals surface area contributed by atoms with Crippen LogP contribution in [0.2, 0.25) is 0 Å². The van der Waals surface area contributed by atoms with Gasteiger partial charge in [0.15, 0.2) is 0 Å². The van der Waals surface area contributed by atoms with Gasteiger partial charge >= 0.3 is 6.55 Å². The van der Waals surface area contributed by atoms with Gasteiger partial charge in [-0.1, -0.05) is 6.08 Å². The molecule has 1 aromatic rings. The number of imidazole rings is 1. The Hall–Kier alpha value is -1.23. The normalized spacial score (nSPS) is 13.0. The number of nitrogens with one attached hydrogen (secondary N) is 1. The Morgan fingerprint density at radius 3 is 3.00 bits per heavy atom. The van der Waals surface area contributed by atoms with E-state index >= 15 is 0 Å². The second-order valence-corrected chi connectivity index (χ2v) is 3.68. The van der Waals surface area contributed by atoms with E-state index in [0.29, 0.717) is 12.4 Å². The molecule has 1 rings (SSSR count). The lowest BCUT2D eigenvalue weighted by atomic mass is 10.2. The van der Waals surface area contributed by atoms with E-state index in [4.69, 9.17) is 0 Å². The smallest absolute Gasteiger partial charge is 0.307 e. The van der Waals surface area contributed by atoms with Crippen molar-refractivity contribution in [2.45, 2.75) is 38.9 Å². The highest BCUT2D eigenvalue weighted by atomic mass is 19.3. The van der Waals surface area contributed by atoms with E-state index in [-0.39, 0.29) is 6.04 Å². The van der Waals surface area contributed by atoms with Crippen molar-refractivity contribution >= 4 is 0 Å². The molecule has 1 aromatic heterocycles. The Morgan fingerprint density at radius 1 is 1.62 bits per heavy atom. The zero-order valence-electron chi connectivity index (χ0n) is 9.37. The van der Waals surface area contributed by atoms with E-state index in [1.54, 1.807) is 0 Å². The second kappa shape index (κ2) is 6.37. The molecule has 0 aliphatic heterocycles. The molecule has 1 N–H and O–H groups in total. The number of allylic oxidation sites excluding steroid dienone is 1. The Balaban J connectivity index is 2.41. The third-order valence-electron chi connectivity index (χ3n) is 2.37. The monoisotopic (exact) mass is 229 g/mol. The molecule has 5 heteroatoms. The maximum Gasteiger partial charge on any atom is 0.319 e. The molecule has 0 aromatic carbocycles. The van der Waals surface area contributed by atoms with Crippen LogP contribution in [0.5, 0.6) is 0 Å². The predicted octanol–water partition coefficient (Wildman–Crippen LogP) is 2.72. The first-order valence-corrected chi connectivity index (χ1v) is 5.29. The lowest BCUT2D eigenvalue weighted by Gasteiger charge is -2.13. The molecule has 16 heavy (non-hydrogen) atoms. The van der Waals surface area contributed by atoms with E-state index in [2.05, 4.69) is 16.9 Å². The predicted molar refractivity (Wildman–Crippen MR) is 59.2 cm³/mol. The maximum absolute atomic E-state index is 12.5. The molecular weight excluding hydrogens is 212 g/mol. The topological polar surface area (TPSA) is 29.9 Å². The van der Waals surface area contributed by atoms with Gasteiger partial charge in [0.2, 0.25) is 0 Å². The van der Waals surface area contributed by atoms with Crippen LogP contribution in [0.4, 0.5) is 8.78 Å². The summed E-state index contributed by atoms with van der Waals surface area (Å²) >= 11 is 0. The van der Waals surface area contributed by atoms with Gasteiger partial charge < -0.3 is 5.32 Å². The number of hydrogen-bond acceptors (Lipinski definition) is 2. The molecule has 0 aliphatic rings. The van der Waals surface area contributed by atoms with E-state index < -0.39 is 6.55 Å². The van der Waals surface area contributed by atoms with Crippen LogP contribution in [-0.4, -0.2) is 15.6 Å². The van der Waals surface area contributed by atoms with Crippen LogP contribution < -0.4 is 5.32 Å². The summed E-state index contributed by atoms with van der Waals surface area (Å²) in [4.78, 5) is 3.89. The van der Waals surface area contributed by atoms with E-state index in [1.807, 2.05) is 13.0 Å². The van der Waals surface area contributed by atoms with Crippen LogP contribution in [0.25, 0.3) is 0 Å². The highest BCUT2D eigenvalue weighted by Gasteiger charge is 2.11. The number of alkyl halides is 2. The van der Waals surface area contributed by atoms with Crippen molar-refractivity contribution in [3.05, 3.63) is 30.9 Å². The highest BCUT2D eigenvalue weighted by molar-refractivity contribution is 4.92. The highest BCUT2D eigenvalue weighted by Crippen LogP contribution is 2.12. The summed E-state index contributed by atoms with van der Waals surface area (Å²) in [6, 6.07) is 0.265. The van der Waals surface area contributed by atoms with Gasteiger partial charge in [0.1, 0.15) is 5.82 Å². The third-order valence-corrected chi connectivity index (χ3v) is 2.37. The Bertz CT molecular complexity index is 323. The lowest BCUT2D eigenvalue weighted by Crippen LogP contribution is -2.26. The number of rotatable bonds is 7. The van der Waals surface area contributed by atoms with Crippen LogP contribution in [-0.2, 0) is 6.54 Å². The molecule has 0 bridgehead atoms. The van der Waals surface area contributed by atoms with Crippen molar-refractivity contribution in [1.29, 1.82) is 0 Å². The second-order valence-electron chi connectivity index (χ2n) is 3.68. The van der Waals surface area contributed by atoms with Crippen molar-refractivity contribution in [3.8, 4) is 0 Å². The quantitative estimate of drug-likeness (QED) is 0.728. The van der Waals surface area contributed by atoms with Gasteiger partial charge in [-0.3, -0.25) is 4.57 Å². The van der Waals surface area contributed by atoms with Crippen molar-refractivity contribution < 1.29 is 8.78 Å². The van der Waals surface area contributed by atoms with E-state index in [9.17, 15) is 8.78 Å².